The summed E-state index contributed by atoms with van der Waals surface area (Å²) in [6.07, 6.45) is 0.633. The van der Waals surface area contributed by atoms with Crippen LogP contribution in [-0.2, 0) is 27.3 Å². The van der Waals surface area contributed by atoms with Gasteiger partial charge in [0, 0.05) is 30.8 Å². The number of ether oxygens (including phenoxy) is 2. The zero-order valence-corrected chi connectivity index (χ0v) is 19.6. The number of carbonyl (C=O) groups is 1. The topological polar surface area (TPSA) is 87.5 Å². The fraction of sp³-hybridized carbons (Fsp3) is 0.458. The molecule has 3 heterocycles. The molecule has 1 aromatic carbocycles. The molecule has 0 aliphatic carbocycles. The molecular weight excluding hydrogens is 424 g/mol. The number of carbonyl (C=O) groups excluding carboxylic acids is 1. The third-order valence-electron chi connectivity index (χ3n) is 5.63. The summed E-state index contributed by atoms with van der Waals surface area (Å²) in [5.41, 5.74) is 4.02. The van der Waals surface area contributed by atoms with Crippen LogP contribution in [0.15, 0.2) is 29.3 Å². The molecule has 1 saturated heterocycles. The van der Waals surface area contributed by atoms with Crippen molar-refractivity contribution < 1.29 is 14.3 Å². The highest BCUT2D eigenvalue weighted by Gasteiger charge is 2.33. The lowest BCUT2D eigenvalue weighted by Gasteiger charge is -2.36. The van der Waals surface area contributed by atoms with Crippen molar-refractivity contribution in [2.75, 3.05) is 42.3 Å². The Kier molecular flexibility index (Phi) is 6.70. The van der Waals surface area contributed by atoms with E-state index >= 15 is 0 Å². The van der Waals surface area contributed by atoms with E-state index in [0.717, 1.165) is 41.3 Å². The van der Waals surface area contributed by atoms with Crippen LogP contribution in [0.1, 0.15) is 36.1 Å². The van der Waals surface area contributed by atoms with Gasteiger partial charge in [-0.1, -0.05) is 23.9 Å². The van der Waals surface area contributed by atoms with Crippen LogP contribution in [0, 0.1) is 18.3 Å². The molecule has 7 nitrogen and oxygen atoms in total. The number of pyridine rings is 1. The van der Waals surface area contributed by atoms with Gasteiger partial charge in [0.25, 0.3) is 0 Å². The maximum absolute atomic E-state index is 12.6. The van der Waals surface area contributed by atoms with Crippen LogP contribution in [0.25, 0.3) is 0 Å². The van der Waals surface area contributed by atoms with Gasteiger partial charge in [0.05, 0.1) is 36.7 Å². The summed E-state index contributed by atoms with van der Waals surface area (Å²) >= 11 is 1.31. The van der Waals surface area contributed by atoms with E-state index in [4.69, 9.17) is 14.5 Å². The number of hydrogen-bond donors (Lipinski definition) is 1. The average molecular weight is 453 g/mol. The second-order valence-electron chi connectivity index (χ2n) is 8.72. The molecule has 1 fully saturated rings. The van der Waals surface area contributed by atoms with Crippen LogP contribution in [0.2, 0.25) is 0 Å². The van der Waals surface area contributed by atoms with E-state index in [-0.39, 0.29) is 17.3 Å². The molecule has 0 bridgehead atoms. The molecule has 1 aromatic heterocycles. The lowest BCUT2D eigenvalue weighted by Crippen LogP contribution is -2.39. The summed E-state index contributed by atoms with van der Waals surface area (Å²) in [5.74, 6) is 0.900. The average Bonchev–Trinajstić information content (AvgIpc) is 2.77. The van der Waals surface area contributed by atoms with E-state index < -0.39 is 0 Å². The quantitative estimate of drug-likeness (QED) is 0.693. The molecule has 4 rings (SSSR count). The number of benzene rings is 1. The summed E-state index contributed by atoms with van der Waals surface area (Å²) in [7, 11) is 0. The van der Waals surface area contributed by atoms with E-state index in [9.17, 15) is 10.1 Å². The number of thioether (sulfide) groups is 1. The SMILES string of the molecule is Cc1cccc(NC(=O)CSc2nc(N3CCOCC3)c3c(c2C#N)CC(C)(C)OC3)c1. The van der Waals surface area contributed by atoms with Crippen LogP contribution in [-0.4, -0.2) is 48.5 Å². The number of fused-ring (bicyclic) bond motifs is 1. The second-order valence-corrected chi connectivity index (χ2v) is 9.68. The molecule has 1 amide bonds. The summed E-state index contributed by atoms with van der Waals surface area (Å²) < 4.78 is 11.6. The first kappa shape index (κ1) is 22.6. The Bertz CT molecular complexity index is 1060. The van der Waals surface area contributed by atoms with E-state index in [1.165, 1.54) is 11.8 Å². The Morgan fingerprint density at radius 3 is 2.81 bits per heavy atom. The van der Waals surface area contributed by atoms with Crippen molar-refractivity contribution in [1.82, 2.24) is 4.98 Å². The summed E-state index contributed by atoms with van der Waals surface area (Å²) in [6, 6.07) is 10.1. The number of nitriles is 1. The summed E-state index contributed by atoms with van der Waals surface area (Å²) in [6.45, 7) is 9.25. The number of morpholine rings is 1. The monoisotopic (exact) mass is 452 g/mol. The molecule has 0 atom stereocenters. The van der Waals surface area contributed by atoms with Gasteiger partial charge in [0.1, 0.15) is 16.9 Å². The number of nitrogens with zero attached hydrogens (tertiary/aromatic N) is 3. The van der Waals surface area contributed by atoms with Crippen molar-refractivity contribution in [1.29, 1.82) is 5.26 Å². The molecule has 2 aromatic rings. The lowest BCUT2D eigenvalue weighted by molar-refractivity contribution is -0.113. The third-order valence-corrected chi connectivity index (χ3v) is 6.61. The minimum Gasteiger partial charge on any atom is -0.378 e. The zero-order chi connectivity index (χ0) is 22.7. The highest BCUT2D eigenvalue weighted by atomic mass is 32.2. The molecule has 8 heteroatoms. The molecule has 2 aliphatic rings. The summed E-state index contributed by atoms with van der Waals surface area (Å²) in [4.78, 5) is 19.7. The minimum atomic E-state index is -0.354. The number of aromatic nitrogens is 1. The first-order chi connectivity index (χ1) is 15.4. The number of rotatable bonds is 5. The molecule has 168 valence electrons. The number of aryl methyl sites for hydroxylation is 1. The van der Waals surface area contributed by atoms with Crippen LogP contribution in [0.5, 0.6) is 0 Å². The third kappa shape index (κ3) is 5.07. The zero-order valence-electron chi connectivity index (χ0n) is 18.7. The normalized spacial score (nSPS) is 17.4. The smallest absolute Gasteiger partial charge is 0.234 e. The van der Waals surface area contributed by atoms with Crippen molar-refractivity contribution in [2.45, 2.75) is 44.4 Å². The number of anilines is 2. The van der Waals surface area contributed by atoms with Gasteiger partial charge in [-0.05, 0) is 44.0 Å². The van der Waals surface area contributed by atoms with Crippen molar-refractivity contribution in [3.05, 3.63) is 46.5 Å². The van der Waals surface area contributed by atoms with Gasteiger partial charge in [-0.25, -0.2) is 4.98 Å². The minimum absolute atomic E-state index is 0.124. The molecule has 2 aliphatic heterocycles. The van der Waals surface area contributed by atoms with Gasteiger partial charge in [-0.15, -0.1) is 0 Å². The van der Waals surface area contributed by atoms with E-state index in [1.54, 1.807) is 0 Å². The predicted molar refractivity (Wildman–Crippen MR) is 125 cm³/mol. The van der Waals surface area contributed by atoms with Gasteiger partial charge in [-0.3, -0.25) is 4.79 Å². The number of amides is 1. The van der Waals surface area contributed by atoms with Gasteiger partial charge in [0.2, 0.25) is 5.91 Å². The van der Waals surface area contributed by atoms with Crippen LogP contribution in [0.4, 0.5) is 11.5 Å². The van der Waals surface area contributed by atoms with E-state index in [0.29, 0.717) is 36.8 Å². The molecule has 1 N–H and O–H groups in total. The van der Waals surface area contributed by atoms with Gasteiger partial charge in [0.15, 0.2) is 0 Å². The maximum Gasteiger partial charge on any atom is 0.234 e. The van der Waals surface area contributed by atoms with Crippen LogP contribution >= 0.6 is 11.8 Å². The Morgan fingerprint density at radius 2 is 2.09 bits per heavy atom. The fourth-order valence-corrected chi connectivity index (χ4v) is 4.84. The van der Waals surface area contributed by atoms with E-state index in [2.05, 4.69) is 16.3 Å². The standard InChI is InChI=1S/C24H28N4O3S/c1-16-5-4-6-17(11-16)26-21(29)15-32-23-19(13-25)18-12-24(2,3)31-14-20(18)22(27-23)28-7-9-30-10-8-28/h4-6,11H,7-10,12,14-15H2,1-3H3,(H,26,29). The second kappa shape index (κ2) is 9.49. The van der Waals surface area contributed by atoms with Gasteiger partial charge >= 0.3 is 0 Å². The Morgan fingerprint density at radius 1 is 1.31 bits per heavy atom. The van der Waals surface area contributed by atoms with Crippen LogP contribution < -0.4 is 10.2 Å². The molecular formula is C24H28N4O3S. The molecule has 0 spiro atoms. The first-order valence-electron chi connectivity index (χ1n) is 10.8. The largest absolute Gasteiger partial charge is 0.378 e. The Balaban J connectivity index is 1.62. The fourth-order valence-electron chi connectivity index (χ4n) is 4.04. The highest BCUT2D eigenvalue weighted by molar-refractivity contribution is 8.00. The Labute approximate surface area is 193 Å². The van der Waals surface area contributed by atoms with E-state index in [1.807, 2.05) is 45.0 Å². The number of nitrogens with one attached hydrogen (secondary N) is 1. The summed E-state index contributed by atoms with van der Waals surface area (Å²) in [5, 5.41) is 13.5. The number of hydrogen-bond acceptors (Lipinski definition) is 7. The van der Waals surface area contributed by atoms with Crippen molar-refractivity contribution in [3.8, 4) is 6.07 Å². The highest BCUT2D eigenvalue weighted by Crippen LogP contribution is 2.38. The van der Waals surface area contributed by atoms with Crippen LogP contribution in [0.3, 0.4) is 0 Å². The van der Waals surface area contributed by atoms with Gasteiger partial charge < -0.3 is 19.7 Å². The predicted octanol–water partition coefficient (Wildman–Crippen LogP) is 3.68. The first-order valence-corrected chi connectivity index (χ1v) is 11.8. The van der Waals surface area contributed by atoms with Crippen molar-refractivity contribution in [2.24, 2.45) is 0 Å². The van der Waals surface area contributed by atoms with Gasteiger partial charge in [-0.2, -0.15) is 5.26 Å². The van der Waals surface area contributed by atoms with Crippen molar-refractivity contribution in [3.63, 3.8) is 0 Å². The van der Waals surface area contributed by atoms with Crippen molar-refractivity contribution >= 4 is 29.2 Å². The Hall–Kier alpha value is -2.60. The maximum atomic E-state index is 12.6. The molecule has 0 radical (unpaired) electrons. The lowest BCUT2D eigenvalue weighted by atomic mass is 9.89. The molecule has 32 heavy (non-hydrogen) atoms. The molecule has 0 unspecified atom stereocenters. The molecule has 0 saturated carbocycles.